The molecule has 5 heteroatoms. The van der Waals surface area contributed by atoms with Crippen LogP contribution in [0.5, 0.6) is 0 Å². The van der Waals surface area contributed by atoms with Gasteiger partial charge in [-0.2, -0.15) is 0 Å². The molecule has 108 valence electrons. The van der Waals surface area contributed by atoms with Crippen molar-refractivity contribution in [3.8, 4) is 0 Å². The second kappa shape index (κ2) is 7.05. The molecule has 0 bridgehead atoms. The average molecular weight is 275 g/mol. The normalized spacial score (nSPS) is 17.8. The maximum atomic E-state index is 11.9. The molecule has 0 radical (unpaired) electrons. The van der Waals surface area contributed by atoms with Crippen molar-refractivity contribution in [2.45, 2.75) is 32.2 Å². The minimum Gasteiger partial charge on any atom is -0.352 e. The lowest BCUT2D eigenvalue weighted by Gasteiger charge is -2.11. The van der Waals surface area contributed by atoms with Crippen molar-refractivity contribution in [2.75, 3.05) is 18.4 Å². The zero-order chi connectivity index (χ0) is 14.4. The Kier molecular flexibility index (Phi) is 5.12. The quantitative estimate of drug-likeness (QED) is 0.763. The lowest BCUT2D eigenvalue weighted by Crippen LogP contribution is -2.27. The molecule has 0 aromatic heterocycles. The predicted octanol–water partition coefficient (Wildman–Crippen LogP) is 1.52. The Morgan fingerprint density at radius 2 is 2.25 bits per heavy atom. The van der Waals surface area contributed by atoms with Crippen LogP contribution in [0.4, 0.5) is 5.69 Å². The van der Waals surface area contributed by atoms with E-state index < -0.39 is 0 Å². The van der Waals surface area contributed by atoms with Crippen LogP contribution < -0.4 is 16.0 Å². The van der Waals surface area contributed by atoms with Crippen molar-refractivity contribution in [3.05, 3.63) is 29.8 Å². The maximum absolute atomic E-state index is 11.9. The fraction of sp³-hybridized carbons (Fsp3) is 0.467. The highest BCUT2D eigenvalue weighted by molar-refractivity contribution is 5.97. The van der Waals surface area contributed by atoms with Gasteiger partial charge in [-0.15, -0.1) is 0 Å². The Morgan fingerprint density at radius 3 is 2.95 bits per heavy atom. The summed E-state index contributed by atoms with van der Waals surface area (Å²) in [5, 5.41) is 8.88. The van der Waals surface area contributed by atoms with Crippen LogP contribution in [0.2, 0.25) is 0 Å². The summed E-state index contributed by atoms with van der Waals surface area (Å²) in [6.45, 7) is 3.45. The summed E-state index contributed by atoms with van der Waals surface area (Å²) in [6.07, 6.45) is 2.66. The molecular formula is C15H21N3O2. The molecule has 1 heterocycles. The first-order valence-electron chi connectivity index (χ1n) is 7.10. The Labute approximate surface area is 119 Å². The Balaban J connectivity index is 1.93. The van der Waals surface area contributed by atoms with Gasteiger partial charge in [0.15, 0.2) is 0 Å². The summed E-state index contributed by atoms with van der Waals surface area (Å²) in [5.41, 5.74) is 1.22. The number of amides is 2. The second-order valence-corrected chi connectivity index (χ2v) is 4.99. The van der Waals surface area contributed by atoms with E-state index in [0.717, 1.165) is 19.4 Å². The van der Waals surface area contributed by atoms with Gasteiger partial charge >= 0.3 is 0 Å². The summed E-state index contributed by atoms with van der Waals surface area (Å²) >= 11 is 0. The molecule has 1 aromatic carbocycles. The van der Waals surface area contributed by atoms with Gasteiger partial charge in [-0.05, 0) is 44.5 Å². The van der Waals surface area contributed by atoms with Crippen molar-refractivity contribution in [1.29, 1.82) is 0 Å². The first-order valence-corrected chi connectivity index (χ1v) is 7.10. The van der Waals surface area contributed by atoms with Gasteiger partial charge in [0.25, 0.3) is 5.91 Å². The van der Waals surface area contributed by atoms with Gasteiger partial charge in [0.05, 0.1) is 0 Å². The number of nitrogens with one attached hydrogen (secondary N) is 3. The Bertz CT molecular complexity index is 482. The first-order chi connectivity index (χ1) is 9.69. The van der Waals surface area contributed by atoms with E-state index in [4.69, 9.17) is 0 Å². The van der Waals surface area contributed by atoms with Gasteiger partial charge < -0.3 is 16.0 Å². The SMILES string of the molecule is CCNC(=O)c1cccc(NC(=O)CC2CCCN2)c1. The molecule has 0 spiro atoms. The third kappa shape index (κ3) is 4.06. The van der Waals surface area contributed by atoms with Crippen LogP contribution in [0.25, 0.3) is 0 Å². The van der Waals surface area contributed by atoms with Crippen molar-refractivity contribution in [3.63, 3.8) is 0 Å². The summed E-state index contributed by atoms with van der Waals surface area (Å²) < 4.78 is 0. The highest BCUT2D eigenvalue weighted by atomic mass is 16.2. The van der Waals surface area contributed by atoms with Crippen LogP contribution in [0.3, 0.4) is 0 Å². The van der Waals surface area contributed by atoms with Gasteiger partial charge in [0.1, 0.15) is 0 Å². The number of benzene rings is 1. The minimum atomic E-state index is -0.124. The van der Waals surface area contributed by atoms with E-state index in [1.807, 2.05) is 6.92 Å². The molecule has 1 atom stereocenters. The molecule has 20 heavy (non-hydrogen) atoms. The molecule has 1 aromatic rings. The second-order valence-electron chi connectivity index (χ2n) is 4.99. The molecule has 1 aliphatic rings. The molecule has 0 aliphatic carbocycles. The van der Waals surface area contributed by atoms with Gasteiger partial charge in [-0.25, -0.2) is 0 Å². The molecule has 0 saturated carbocycles. The van der Waals surface area contributed by atoms with Gasteiger partial charge in [0.2, 0.25) is 5.91 Å². The van der Waals surface area contributed by atoms with E-state index in [0.29, 0.717) is 24.2 Å². The molecule has 5 nitrogen and oxygen atoms in total. The van der Waals surface area contributed by atoms with Crippen LogP contribution >= 0.6 is 0 Å². The molecule has 1 unspecified atom stereocenters. The Morgan fingerprint density at radius 1 is 1.40 bits per heavy atom. The lowest BCUT2D eigenvalue weighted by atomic mass is 10.1. The third-order valence-corrected chi connectivity index (χ3v) is 3.34. The highest BCUT2D eigenvalue weighted by Gasteiger charge is 2.17. The summed E-state index contributed by atoms with van der Waals surface area (Å²) in [5.74, 6) is -0.140. The molecule has 3 N–H and O–H groups in total. The smallest absolute Gasteiger partial charge is 0.251 e. The molecule has 2 rings (SSSR count). The summed E-state index contributed by atoms with van der Waals surface area (Å²) in [6, 6.07) is 7.28. The van der Waals surface area contributed by atoms with E-state index in [2.05, 4.69) is 16.0 Å². The van der Waals surface area contributed by atoms with E-state index in [9.17, 15) is 9.59 Å². The molecule has 1 fully saturated rings. The number of carbonyl (C=O) groups is 2. The fourth-order valence-corrected chi connectivity index (χ4v) is 2.37. The monoisotopic (exact) mass is 275 g/mol. The molecular weight excluding hydrogens is 254 g/mol. The number of carbonyl (C=O) groups excluding carboxylic acids is 2. The van der Waals surface area contributed by atoms with Gasteiger partial charge in [0, 0.05) is 30.3 Å². The molecule has 1 aliphatic heterocycles. The van der Waals surface area contributed by atoms with Crippen molar-refractivity contribution < 1.29 is 9.59 Å². The lowest BCUT2D eigenvalue weighted by molar-refractivity contribution is -0.116. The molecule has 2 amide bonds. The van der Waals surface area contributed by atoms with E-state index in [1.54, 1.807) is 24.3 Å². The zero-order valence-corrected chi connectivity index (χ0v) is 11.7. The van der Waals surface area contributed by atoms with Crippen LogP contribution in [-0.2, 0) is 4.79 Å². The first kappa shape index (κ1) is 14.5. The predicted molar refractivity (Wildman–Crippen MR) is 78.7 cm³/mol. The number of rotatable bonds is 5. The van der Waals surface area contributed by atoms with E-state index in [1.165, 1.54) is 0 Å². The van der Waals surface area contributed by atoms with Gasteiger partial charge in [-0.3, -0.25) is 9.59 Å². The standard InChI is InChI=1S/C15H21N3O2/c1-2-16-15(20)11-5-3-6-13(9-11)18-14(19)10-12-7-4-8-17-12/h3,5-6,9,12,17H,2,4,7-8,10H2,1H3,(H,16,20)(H,18,19). The van der Waals surface area contributed by atoms with E-state index in [-0.39, 0.29) is 17.9 Å². The Hall–Kier alpha value is -1.88. The fourth-order valence-electron chi connectivity index (χ4n) is 2.37. The van der Waals surface area contributed by atoms with E-state index >= 15 is 0 Å². The largest absolute Gasteiger partial charge is 0.352 e. The molecule has 1 saturated heterocycles. The maximum Gasteiger partial charge on any atom is 0.251 e. The number of hydrogen-bond donors (Lipinski definition) is 3. The third-order valence-electron chi connectivity index (χ3n) is 3.34. The van der Waals surface area contributed by atoms with Crippen LogP contribution in [0.15, 0.2) is 24.3 Å². The minimum absolute atomic E-state index is 0.0163. The van der Waals surface area contributed by atoms with Crippen molar-refractivity contribution in [1.82, 2.24) is 10.6 Å². The highest BCUT2D eigenvalue weighted by Crippen LogP contribution is 2.13. The van der Waals surface area contributed by atoms with Crippen molar-refractivity contribution >= 4 is 17.5 Å². The van der Waals surface area contributed by atoms with Crippen molar-refractivity contribution in [2.24, 2.45) is 0 Å². The number of hydrogen-bond acceptors (Lipinski definition) is 3. The van der Waals surface area contributed by atoms with Crippen LogP contribution in [-0.4, -0.2) is 30.9 Å². The topological polar surface area (TPSA) is 70.2 Å². The summed E-state index contributed by atoms with van der Waals surface area (Å²) in [7, 11) is 0. The number of anilines is 1. The zero-order valence-electron chi connectivity index (χ0n) is 11.7. The van der Waals surface area contributed by atoms with Crippen LogP contribution in [0, 0.1) is 0 Å². The van der Waals surface area contributed by atoms with Gasteiger partial charge in [-0.1, -0.05) is 6.07 Å². The summed E-state index contributed by atoms with van der Waals surface area (Å²) in [4.78, 5) is 23.7. The average Bonchev–Trinajstić information content (AvgIpc) is 2.92. The van der Waals surface area contributed by atoms with Crippen LogP contribution in [0.1, 0.15) is 36.5 Å².